The molecule has 0 spiro atoms. The summed E-state index contributed by atoms with van der Waals surface area (Å²) in [6.45, 7) is 3.33. The smallest absolute Gasteiger partial charge is 0.138 e. The topological polar surface area (TPSA) is 41.5 Å². The van der Waals surface area contributed by atoms with Gasteiger partial charge in [0.25, 0.3) is 0 Å². The lowest BCUT2D eigenvalue weighted by molar-refractivity contribution is 0.119. The van der Waals surface area contributed by atoms with E-state index in [1.807, 2.05) is 13.0 Å². The van der Waals surface area contributed by atoms with E-state index >= 15 is 0 Å². The van der Waals surface area contributed by atoms with E-state index in [1.54, 1.807) is 0 Å². The first-order valence-corrected chi connectivity index (χ1v) is 9.22. The van der Waals surface area contributed by atoms with Crippen molar-refractivity contribution >= 4 is 31.9 Å². The molecule has 0 aliphatic heterocycles. The minimum Gasteiger partial charge on any atom is -0.492 e. The first-order chi connectivity index (χ1) is 10.1. The second kappa shape index (κ2) is 8.51. The van der Waals surface area contributed by atoms with Gasteiger partial charge in [0.1, 0.15) is 5.75 Å². The Morgan fingerprint density at radius 3 is 2.76 bits per heavy atom. The molecule has 1 aromatic carbocycles. The molecule has 118 valence electrons. The Hall–Kier alpha value is -0.100. The molecule has 21 heavy (non-hydrogen) atoms. The minimum absolute atomic E-state index is 0.180. The fourth-order valence-electron chi connectivity index (χ4n) is 2.82. The first-order valence-electron chi connectivity index (χ1n) is 7.64. The van der Waals surface area contributed by atoms with Crippen LogP contribution < -0.4 is 10.1 Å². The molecule has 1 aliphatic rings. The SMILES string of the molecule is CCOc1c(Br)cc(Br)cc1CNC1CCCCCC1O. The molecule has 5 heteroatoms. The molecule has 1 fully saturated rings. The Morgan fingerprint density at radius 1 is 1.24 bits per heavy atom. The van der Waals surface area contributed by atoms with Crippen molar-refractivity contribution < 1.29 is 9.84 Å². The van der Waals surface area contributed by atoms with Gasteiger partial charge in [0.05, 0.1) is 17.2 Å². The number of halogens is 2. The molecule has 0 heterocycles. The van der Waals surface area contributed by atoms with Gasteiger partial charge in [-0.15, -0.1) is 0 Å². The Labute approximate surface area is 143 Å². The van der Waals surface area contributed by atoms with E-state index in [-0.39, 0.29) is 12.1 Å². The Kier molecular flexibility index (Phi) is 6.99. The molecule has 2 unspecified atom stereocenters. The van der Waals surface area contributed by atoms with E-state index in [1.165, 1.54) is 12.8 Å². The molecule has 3 nitrogen and oxygen atoms in total. The van der Waals surface area contributed by atoms with Gasteiger partial charge in [-0.2, -0.15) is 0 Å². The molecular weight excluding hydrogens is 398 g/mol. The summed E-state index contributed by atoms with van der Waals surface area (Å²) in [6.07, 6.45) is 5.25. The highest BCUT2D eigenvalue weighted by Crippen LogP contribution is 2.33. The van der Waals surface area contributed by atoms with E-state index in [4.69, 9.17) is 4.74 Å². The van der Waals surface area contributed by atoms with Gasteiger partial charge in [-0.25, -0.2) is 0 Å². The maximum absolute atomic E-state index is 10.2. The number of rotatable bonds is 5. The molecule has 1 aliphatic carbocycles. The molecule has 0 aromatic heterocycles. The number of ether oxygens (including phenoxy) is 1. The normalized spacial score (nSPS) is 22.9. The fraction of sp³-hybridized carbons (Fsp3) is 0.625. The molecule has 0 radical (unpaired) electrons. The largest absolute Gasteiger partial charge is 0.492 e. The van der Waals surface area contributed by atoms with Gasteiger partial charge in [-0.05, 0) is 47.8 Å². The third-order valence-corrected chi connectivity index (χ3v) is 4.96. The van der Waals surface area contributed by atoms with Gasteiger partial charge in [-0.1, -0.05) is 35.2 Å². The number of benzene rings is 1. The second-order valence-corrected chi connectivity index (χ2v) is 7.27. The zero-order valence-corrected chi connectivity index (χ0v) is 15.5. The summed E-state index contributed by atoms with van der Waals surface area (Å²) in [6, 6.07) is 4.25. The van der Waals surface area contributed by atoms with E-state index in [2.05, 4.69) is 43.2 Å². The third kappa shape index (κ3) is 4.95. The van der Waals surface area contributed by atoms with Crippen LogP contribution >= 0.6 is 31.9 Å². The van der Waals surface area contributed by atoms with Crippen molar-refractivity contribution in [2.24, 2.45) is 0 Å². The van der Waals surface area contributed by atoms with Crippen LogP contribution in [0.3, 0.4) is 0 Å². The van der Waals surface area contributed by atoms with Gasteiger partial charge >= 0.3 is 0 Å². The van der Waals surface area contributed by atoms with Gasteiger partial charge in [0.2, 0.25) is 0 Å². The van der Waals surface area contributed by atoms with Gasteiger partial charge in [0, 0.05) is 22.6 Å². The summed E-state index contributed by atoms with van der Waals surface area (Å²) < 4.78 is 7.72. The van der Waals surface area contributed by atoms with E-state index in [0.717, 1.165) is 39.5 Å². The molecule has 0 bridgehead atoms. The molecule has 2 atom stereocenters. The number of aliphatic hydroxyl groups is 1. The van der Waals surface area contributed by atoms with Crippen LogP contribution in [0.4, 0.5) is 0 Å². The summed E-state index contributed by atoms with van der Waals surface area (Å²) in [5, 5.41) is 13.7. The average molecular weight is 421 g/mol. The molecule has 2 N–H and O–H groups in total. The Morgan fingerprint density at radius 2 is 2.00 bits per heavy atom. The molecule has 0 saturated heterocycles. The lowest BCUT2D eigenvalue weighted by atomic mass is 10.1. The first kappa shape index (κ1) is 17.3. The van der Waals surface area contributed by atoms with Crippen LogP contribution in [0, 0.1) is 0 Å². The van der Waals surface area contributed by atoms with Crippen LogP contribution in [-0.4, -0.2) is 23.9 Å². The van der Waals surface area contributed by atoms with Crippen LogP contribution in [0.2, 0.25) is 0 Å². The summed E-state index contributed by atoms with van der Waals surface area (Å²) in [5.41, 5.74) is 1.11. The van der Waals surface area contributed by atoms with Crippen molar-refractivity contribution in [3.05, 3.63) is 26.6 Å². The third-order valence-electron chi connectivity index (χ3n) is 3.91. The van der Waals surface area contributed by atoms with Crippen molar-refractivity contribution in [3.8, 4) is 5.75 Å². The number of hydrogen-bond donors (Lipinski definition) is 2. The molecular formula is C16H23Br2NO2. The minimum atomic E-state index is -0.237. The maximum Gasteiger partial charge on any atom is 0.138 e. The Bertz CT molecular complexity index is 468. The summed E-state index contributed by atoms with van der Waals surface area (Å²) in [7, 11) is 0. The standard InChI is InChI=1S/C16H23Br2NO2/c1-2-21-16-11(8-12(17)9-13(16)18)10-19-14-6-4-3-5-7-15(14)20/h8-9,14-15,19-20H,2-7,10H2,1H3. The van der Waals surface area contributed by atoms with Crippen molar-refractivity contribution in [1.82, 2.24) is 5.32 Å². The summed E-state index contributed by atoms with van der Waals surface area (Å²) >= 11 is 7.08. The lowest BCUT2D eigenvalue weighted by Crippen LogP contribution is -2.38. The van der Waals surface area contributed by atoms with E-state index in [0.29, 0.717) is 13.2 Å². The monoisotopic (exact) mass is 419 g/mol. The predicted octanol–water partition coefficient (Wildman–Crippen LogP) is 4.39. The molecule has 1 aromatic rings. The molecule has 2 rings (SSSR count). The molecule has 0 amide bonds. The van der Waals surface area contributed by atoms with Gasteiger partial charge < -0.3 is 15.2 Å². The number of nitrogens with one attached hydrogen (secondary N) is 1. The highest BCUT2D eigenvalue weighted by molar-refractivity contribution is 9.11. The maximum atomic E-state index is 10.2. The highest BCUT2D eigenvalue weighted by Gasteiger charge is 2.21. The van der Waals surface area contributed by atoms with Crippen LogP contribution in [-0.2, 0) is 6.54 Å². The second-order valence-electron chi connectivity index (χ2n) is 5.50. The van der Waals surface area contributed by atoms with Crippen LogP contribution in [0.25, 0.3) is 0 Å². The van der Waals surface area contributed by atoms with Crippen molar-refractivity contribution in [2.75, 3.05) is 6.61 Å². The summed E-state index contributed by atoms with van der Waals surface area (Å²) in [4.78, 5) is 0. The summed E-state index contributed by atoms with van der Waals surface area (Å²) in [5.74, 6) is 0.885. The van der Waals surface area contributed by atoms with E-state index in [9.17, 15) is 5.11 Å². The number of aliphatic hydroxyl groups excluding tert-OH is 1. The van der Waals surface area contributed by atoms with E-state index < -0.39 is 0 Å². The van der Waals surface area contributed by atoms with Crippen molar-refractivity contribution in [2.45, 2.75) is 57.7 Å². The fourth-order valence-corrected chi connectivity index (χ4v) is 4.25. The average Bonchev–Trinajstić information content (AvgIpc) is 2.64. The molecule has 1 saturated carbocycles. The van der Waals surface area contributed by atoms with Crippen molar-refractivity contribution in [1.29, 1.82) is 0 Å². The van der Waals surface area contributed by atoms with Gasteiger partial charge in [-0.3, -0.25) is 0 Å². The quantitative estimate of drug-likeness (QED) is 0.694. The zero-order valence-electron chi connectivity index (χ0n) is 12.4. The lowest BCUT2D eigenvalue weighted by Gasteiger charge is -2.23. The zero-order chi connectivity index (χ0) is 15.2. The number of hydrogen-bond acceptors (Lipinski definition) is 3. The van der Waals surface area contributed by atoms with Crippen molar-refractivity contribution in [3.63, 3.8) is 0 Å². The highest BCUT2D eigenvalue weighted by atomic mass is 79.9. The van der Waals surface area contributed by atoms with Crippen LogP contribution in [0.5, 0.6) is 5.75 Å². The van der Waals surface area contributed by atoms with Crippen LogP contribution in [0.1, 0.15) is 44.6 Å². The van der Waals surface area contributed by atoms with Crippen LogP contribution in [0.15, 0.2) is 21.1 Å². The predicted molar refractivity (Wildman–Crippen MR) is 92.7 cm³/mol. The van der Waals surface area contributed by atoms with Gasteiger partial charge in [0.15, 0.2) is 0 Å². The Balaban J connectivity index is 2.07.